The van der Waals surface area contributed by atoms with Crippen LogP contribution in [0.2, 0.25) is 0 Å². The predicted octanol–water partition coefficient (Wildman–Crippen LogP) is 2.70. The molecule has 2 aromatic rings. The summed E-state index contributed by atoms with van der Waals surface area (Å²) in [6.07, 6.45) is 3.64. The number of β-amino-alcohol motifs (C(OH)–C–C–N with tert-alkyl or cyclic N) is 1. The van der Waals surface area contributed by atoms with Gasteiger partial charge in [-0.25, -0.2) is 9.97 Å². The van der Waals surface area contributed by atoms with Gasteiger partial charge in [0.05, 0.1) is 6.10 Å². The van der Waals surface area contributed by atoms with E-state index < -0.39 is 6.10 Å². The van der Waals surface area contributed by atoms with Crippen molar-refractivity contribution in [1.29, 1.82) is 0 Å². The lowest BCUT2D eigenvalue weighted by molar-refractivity contribution is 0.0969. The van der Waals surface area contributed by atoms with E-state index in [2.05, 4.69) is 14.9 Å². The minimum Gasteiger partial charge on any atom is -0.387 e. The standard InChI is InChI=1S/C18H23N3O/c1-14-19-10-7-17(20-14)15-8-11-21(12-9-15)13-18(22)16-5-3-2-4-6-16/h2-7,10,15,18,22H,8-9,11-13H2,1H3/t18-/m0/s1. The Labute approximate surface area is 131 Å². The minimum absolute atomic E-state index is 0.404. The SMILES string of the molecule is Cc1nccc(C2CCN(C[C@H](O)c3ccccc3)CC2)n1. The van der Waals surface area contributed by atoms with Crippen LogP contribution in [0.4, 0.5) is 0 Å². The Balaban J connectivity index is 1.54. The molecule has 1 N–H and O–H groups in total. The van der Waals surface area contributed by atoms with Gasteiger partial charge in [0.1, 0.15) is 5.82 Å². The zero-order valence-corrected chi connectivity index (χ0v) is 13.0. The lowest BCUT2D eigenvalue weighted by Gasteiger charge is -2.33. The van der Waals surface area contributed by atoms with E-state index in [1.165, 1.54) is 0 Å². The third kappa shape index (κ3) is 3.70. The molecule has 2 heterocycles. The van der Waals surface area contributed by atoms with E-state index in [-0.39, 0.29) is 0 Å². The maximum absolute atomic E-state index is 10.3. The zero-order valence-electron chi connectivity index (χ0n) is 13.0. The Morgan fingerprint density at radius 2 is 1.91 bits per heavy atom. The highest BCUT2D eigenvalue weighted by molar-refractivity contribution is 5.17. The number of nitrogens with zero attached hydrogens (tertiary/aromatic N) is 3. The number of rotatable bonds is 4. The first kappa shape index (κ1) is 15.1. The summed E-state index contributed by atoms with van der Waals surface area (Å²) >= 11 is 0. The molecule has 1 aromatic heterocycles. The normalized spacial score (nSPS) is 18.3. The second kappa shape index (κ2) is 6.99. The molecule has 116 valence electrons. The zero-order chi connectivity index (χ0) is 15.4. The summed E-state index contributed by atoms with van der Waals surface area (Å²) in [5.74, 6) is 1.37. The Morgan fingerprint density at radius 3 is 2.59 bits per heavy atom. The maximum Gasteiger partial charge on any atom is 0.125 e. The van der Waals surface area contributed by atoms with Crippen LogP contribution in [0.15, 0.2) is 42.6 Å². The van der Waals surface area contributed by atoms with Gasteiger partial charge in [0, 0.05) is 24.4 Å². The number of hydrogen-bond donors (Lipinski definition) is 1. The molecule has 0 spiro atoms. The third-order valence-corrected chi connectivity index (χ3v) is 4.42. The lowest BCUT2D eigenvalue weighted by Crippen LogP contribution is -2.36. The van der Waals surface area contributed by atoms with Crippen molar-refractivity contribution in [3.63, 3.8) is 0 Å². The first-order valence-corrected chi connectivity index (χ1v) is 7.97. The van der Waals surface area contributed by atoms with Crippen molar-refractivity contribution in [2.45, 2.75) is 31.8 Å². The van der Waals surface area contributed by atoms with Crippen LogP contribution in [0.5, 0.6) is 0 Å². The molecule has 1 saturated heterocycles. The second-order valence-corrected chi connectivity index (χ2v) is 6.03. The van der Waals surface area contributed by atoms with Gasteiger partial charge in [-0.15, -0.1) is 0 Å². The highest BCUT2D eigenvalue weighted by Gasteiger charge is 2.23. The van der Waals surface area contributed by atoms with Gasteiger partial charge < -0.3 is 10.0 Å². The van der Waals surface area contributed by atoms with Gasteiger partial charge in [-0.2, -0.15) is 0 Å². The van der Waals surface area contributed by atoms with Crippen LogP contribution in [-0.2, 0) is 0 Å². The quantitative estimate of drug-likeness (QED) is 0.942. The molecule has 4 heteroatoms. The minimum atomic E-state index is -0.404. The highest BCUT2D eigenvalue weighted by atomic mass is 16.3. The van der Waals surface area contributed by atoms with Crippen molar-refractivity contribution in [3.8, 4) is 0 Å². The molecule has 1 aromatic carbocycles. The fraction of sp³-hybridized carbons (Fsp3) is 0.444. The summed E-state index contributed by atoms with van der Waals surface area (Å²) < 4.78 is 0. The topological polar surface area (TPSA) is 49.2 Å². The molecule has 0 unspecified atom stereocenters. The molecule has 0 saturated carbocycles. The van der Waals surface area contributed by atoms with E-state index in [0.29, 0.717) is 12.5 Å². The van der Waals surface area contributed by atoms with Gasteiger partial charge in [-0.1, -0.05) is 30.3 Å². The molecule has 4 nitrogen and oxygen atoms in total. The van der Waals surface area contributed by atoms with Crippen LogP contribution >= 0.6 is 0 Å². The summed E-state index contributed by atoms with van der Waals surface area (Å²) in [6.45, 7) is 4.67. The lowest BCUT2D eigenvalue weighted by atomic mass is 9.93. The van der Waals surface area contributed by atoms with Crippen LogP contribution in [-0.4, -0.2) is 39.6 Å². The Kier molecular flexibility index (Phi) is 4.80. The van der Waals surface area contributed by atoms with Crippen LogP contribution in [0.3, 0.4) is 0 Å². The van der Waals surface area contributed by atoms with Crippen LogP contribution < -0.4 is 0 Å². The van der Waals surface area contributed by atoms with Crippen LogP contribution in [0, 0.1) is 6.92 Å². The number of aliphatic hydroxyl groups is 1. The van der Waals surface area contributed by atoms with Gasteiger partial charge in [0.25, 0.3) is 0 Å². The second-order valence-electron chi connectivity index (χ2n) is 6.03. The van der Waals surface area contributed by atoms with E-state index in [9.17, 15) is 5.11 Å². The number of aryl methyl sites for hydroxylation is 1. The smallest absolute Gasteiger partial charge is 0.125 e. The van der Waals surface area contributed by atoms with E-state index in [1.807, 2.05) is 49.5 Å². The van der Waals surface area contributed by atoms with Crippen molar-refractivity contribution in [1.82, 2.24) is 14.9 Å². The predicted molar refractivity (Wildman–Crippen MR) is 86.6 cm³/mol. The average Bonchev–Trinajstić information content (AvgIpc) is 2.56. The van der Waals surface area contributed by atoms with Gasteiger partial charge in [0.2, 0.25) is 0 Å². The molecule has 3 rings (SSSR count). The fourth-order valence-corrected chi connectivity index (χ4v) is 3.14. The van der Waals surface area contributed by atoms with Crippen molar-refractivity contribution in [3.05, 3.63) is 59.7 Å². The van der Waals surface area contributed by atoms with Crippen molar-refractivity contribution in [2.75, 3.05) is 19.6 Å². The first-order valence-electron chi connectivity index (χ1n) is 7.97. The van der Waals surface area contributed by atoms with Crippen molar-refractivity contribution in [2.24, 2.45) is 0 Å². The van der Waals surface area contributed by atoms with E-state index >= 15 is 0 Å². The number of benzene rings is 1. The fourth-order valence-electron chi connectivity index (χ4n) is 3.14. The molecule has 22 heavy (non-hydrogen) atoms. The largest absolute Gasteiger partial charge is 0.387 e. The van der Waals surface area contributed by atoms with Gasteiger partial charge >= 0.3 is 0 Å². The van der Waals surface area contributed by atoms with Crippen LogP contribution in [0.1, 0.15) is 41.9 Å². The molecule has 1 aliphatic rings. The van der Waals surface area contributed by atoms with E-state index in [0.717, 1.165) is 43.0 Å². The molecular formula is C18H23N3O. The Morgan fingerprint density at radius 1 is 1.18 bits per heavy atom. The molecule has 0 aliphatic carbocycles. The molecule has 0 bridgehead atoms. The number of piperidine rings is 1. The van der Waals surface area contributed by atoms with Crippen LogP contribution in [0.25, 0.3) is 0 Å². The number of aromatic nitrogens is 2. The number of hydrogen-bond acceptors (Lipinski definition) is 4. The molecule has 0 radical (unpaired) electrons. The Hall–Kier alpha value is -1.78. The molecule has 0 amide bonds. The van der Waals surface area contributed by atoms with Gasteiger partial charge in [0.15, 0.2) is 0 Å². The maximum atomic E-state index is 10.3. The number of likely N-dealkylation sites (tertiary alicyclic amines) is 1. The molecule has 1 atom stereocenters. The summed E-state index contributed by atoms with van der Waals surface area (Å²) in [6, 6.07) is 11.9. The summed E-state index contributed by atoms with van der Waals surface area (Å²) in [4.78, 5) is 11.1. The van der Waals surface area contributed by atoms with E-state index in [1.54, 1.807) is 0 Å². The summed E-state index contributed by atoms with van der Waals surface area (Å²) in [7, 11) is 0. The number of aliphatic hydroxyl groups excluding tert-OH is 1. The van der Waals surface area contributed by atoms with Crippen molar-refractivity contribution < 1.29 is 5.11 Å². The molecular weight excluding hydrogens is 274 g/mol. The third-order valence-electron chi connectivity index (χ3n) is 4.42. The Bertz CT molecular complexity index is 594. The monoisotopic (exact) mass is 297 g/mol. The van der Waals surface area contributed by atoms with E-state index in [4.69, 9.17) is 0 Å². The molecule has 1 fully saturated rings. The highest BCUT2D eigenvalue weighted by Crippen LogP contribution is 2.27. The van der Waals surface area contributed by atoms with Gasteiger partial charge in [-0.05, 0) is 44.5 Å². The summed E-state index contributed by atoms with van der Waals surface area (Å²) in [5.41, 5.74) is 2.16. The van der Waals surface area contributed by atoms with Gasteiger partial charge in [-0.3, -0.25) is 0 Å². The molecule has 1 aliphatic heterocycles. The average molecular weight is 297 g/mol. The first-order chi connectivity index (χ1) is 10.7. The van der Waals surface area contributed by atoms with Crippen molar-refractivity contribution >= 4 is 0 Å². The summed E-state index contributed by atoms with van der Waals surface area (Å²) in [5, 5.41) is 10.3.